The second-order valence-corrected chi connectivity index (χ2v) is 3.55. The van der Waals surface area contributed by atoms with E-state index in [0.29, 0.717) is 5.76 Å². The van der Waals surface area contributed by atoms with E-state index in [1.54, 1.807) is 6.07 Å². The smallest absolute Gasteiger partial charge is 0.158 e. The number of aromatic hydroxyl groups is 1. The van der Waals surface area contributed by atoms with Gasteiger partial charge in [0.15, 0.2) is 5.76 Å². The van der Waals surface area contributed by atoms with E-state index in [-0.39, 0.29) is 5.75 Å². The van der Waals surface area contributed by atoms with Crippen molar-refractivity contribution in [2.45, 2.75) is 20.8 Å². The van der Waals surface area contributed by atoms with Gasteiger partial charge in [0.05, 0.1) is 5.71 Å². The summed E-state index contributed by atoms with van der Waals surface area (Å²) in [5.41, 5.74) is 2.36. The Balaban J connectivity index is 2.83. The van der Waals surface area contributed by atoms with Crippen LogP contribution in [0.1, 0.15) is 25.0 Å². The van der Waals surface area contributed by atoms with E-state index in [2.05, 4.69) is 11.7 Å². The van der Waals surface area contributed by atoms with Crippen LogP contribution in [0.3, 0.4) is 0 Å². The summed E-state index contributed by atoms with van der Waals surface area (Å²) in [6.07, 6.45) is 0. The van der Waals surface area contributed by atoms with Crippen LogP contribution in [0.5, 0.6) is 5.75 Å². The highest BCUT2D eigenvalue weighted by molar-refractivity contribution is 5.78. The Bertz CT molecular complexity index is 404. The topological polar surface area (TPSA) is 41.8 Å². The van der Waals surface area contributed by atoms with Gasteiger partial charge in [0.1, 0.15) is 5.75 Å². The van der Waals surface area contributed by atoms with Crippen molar-refractivity contribution < 1.29 is 9.94 Å². The summed E-state index contributed by atoms with van der Waals surface area (Å²) < 4.78 is 0. The first kappa shape index (κ1) is 11.3. The first-order valence-corrected chi connectivity index (χ1v) is 4.68. The molecule has 0 unspecified atom stereocenters. The minimum absolute atomic E-state index is 0.231. The van der Waals surface area contributed by atoms with Gasteiger partial charge in [0, 0.05) is 5.56 Å². The van der Waals surface area contributed by atoms with E-state index in [0.717, 1.165) is 16.8 Å². The summed E-state index contributed by atoms with van der Waals surface area (Å²) in [5, 5.41) is 13.3. The van der Waals surface area contributed by atoms with Gasteiger partial charge in [0.2, 0.25) is 0 Å². The standard InChI is InChI=1S/C12H15NO2/c1-8(2)13-15-10(4)11-6-5-9(3)12(14)7-11/h5-7,14H,4H2,1-3H3. The monoisotopic (exact) mass is 205 g/mol. The highest BCUT2D eigenvalue weighted by atomic mass is 16.6. The molecule has 0 radical (unpaired) electrons. The van der Waals surface area contributed by atoms with Crippen molar-refractivity contribution in [1.29, 1.82) is 0 Å². The maximum Gasteiger partial charge on any atom is 0.158 e. The molecule has 0 aromatic heterocycles. The van der Waals surface area contributed by atoms with Gasteiger partial charge in [-0.15, -0.1) is 0 Å². The first-order chi connectivity index (χ1) is 7.00. The number of hydrogen-bond acceptors (Lipinski definition) is 3. The number of phenolic OH excluding ortho intramolecular Hbond substituents is 1. The number of oxime groups is 1. The quantitative estimate of drug-likeness (QED) is 0.468. The molecule has 80 valence electrons. The summed E-state index contributed by atoms with van der Waals surface area (Å²) in [7, 11) is 0. The molecule has 1 N–H and O–H groups in total. The lowest BCUT2D eigenvalue weighted by molar-refractivity contribution is 0.298. The predicted octanol–water partition coefficient (Wildman–Crippen LogP) is 3.08. The van der Waals surface area contributed by atoms with Crippen molar-refractivity contribution in [3.05, 3.63) is 35.9 Å². The van der Waals surface area contributed by atoms with Crippen LogP contribution in [0.25, 0.3) is 5.76 Å². The fraction of sp³-hybridized carbons (Fsp3) is 0.250. The van der Waals surface area contributed by atoms with Crippen molar-refractivity contribution in [3.63, 3.8) is 0 Å². The summed E-state index contributed by atoms with van der Waals surface area (Å²) in [6, 6.07) is 5.25. The van der Waals surface area contributed by atoms with Crippen LogP contribution < -0.4 is 0 Å². The summed E-state index contributed by atoms with van der Waals surface area (Å²) in [6.45, 7) is 9.22. The van der Waals surface area contributed by atoms with Crippen molar-refractivity contribution in [2.24, 2.45) is 5.16 Å². The van der Waals surface area contributed by atoms with Crippen molar-refractivity contribution >= 4 is 11.5 Å². The van der Waals surface area contributed by atoms with Gasteiger partial charge >= 0.3 is 0 Å². The van der Waals surface area contributed by atoms with Crippen molar-refractivity contribution in [2.75, 3.05) is 0 Å². The Morgan fingerprint density at radius 3 is 2.60 bits per heavy atom. The number of hydrogen-bond donors (Lipinski definition) is 1. The maximum absolute atomic E-state index is 9.49. The van der Waals surface area contributed by atoms with Crippen LogP contribution in [0.4, 0.5) is 0 Å². The van der Waals surface area contributed by atoms with E-state index in [1.807, 2.05) is 32.9 Å². The largest absolute Gasteiger partial charge is 0.508 e. The fourth-order valence-corrected chi connectivity index (χ4v) is 0.982. The third-order valence-corrected chi connectivity index (χ3v) is 1.87. The van der Waals surface area contributed by atoms with Gasteiger partial charge in [-0.05, 0) is 32.4 Å². The molecular weight excluding hydrogens is 190 g/mol. The molecule has 0 heterocycles. The molecule has 0 spiro atoms. The molecule has 0 aliphatic carbocycles. The lowest BCUT2D eigenvalue weighted by Crippen LogP contribution is -1.89. The lowest BCUT2D eigenvalue weighted by atomic mass is 10.1. The van der Waals surface area contributed by atoms with Gasteiger partial charge in [-0.1, -0.05) is 23.9 Å². The number of nitrogens with zero attached hydrogens (tertiary/aromatic N) is 1. The molecule has 0 aliphatic rings. The predicted molar refractivity (Wildman–Crippen MR) is 61.7 cm³/mol. The second kappa shape index (κ2) is 4.64. The molecular formula is C12H15NO2. The van der Waals surface area contributed by atoms with Crippen LogP contribution in [0.2, 0.25) is 0 Å². The number of phenols is 1. The van der Waals surface area contributed by atoms with E-state index < -0.39 is 0 Å². The van der Waals surface area contributed by atoms with Crippen molar-refractivity contribution in [1.82, 2.24) is 0 Å². The van der Waals surface area contributed by atoms with Gasteiger partial charge in [-0.3, -0.25) is 0 Å². The molecule has 3 heteroatoms. The normalized spacial score (nSPS) is 9.53. The van der Waals surface area contributed by atoms with Crippen LogP contribution in [0.15, 0.2) is 29.9 Å². The molecule has 3 nitrogen and oxygen atoms in total. The summed E-state index contributed by atoms with van der Waals surface area (Å²) in [4.78, 5) is 5.07. The SMILES string of the molecule is C=C(ON=C(C)C)c1ccc(C)c(O)c1. The molecule has 15 heavy (non-hydrogen) atoms. The number of rotatable bonds is 3. The van der Waals surface area contributed by atoms with Crippen LogP contribution in [-0.2, 0) is 4.84 Å². The fourth-order valence-electron chi connectivity index (χ4n) is 0.982. The van der Waals surface area contributed by atoms with E-state index in [4.69, 9.17) is 4.84 Å². The molecule has 1 aromatic rings. The molecule has 0 amide bonds. The Hall–Kier alpha value is -1.77. The molecule has 0 aliphatic heterocycles. The van der Waals surface area contributed by atoms with Gasteiger partial charge in [-0.2, -0.15) is 0 Å². The molecule has 0 saturated carbocycles. The Morgan fingerprint density at radius 1 is 1.40 bits per heavy atom. The minimum atomic E-state index is 0.231. The lowest BCUT2D eigenvalue weighted by Gasteiger charge is -2.05. The number of aryl methyl sites for hydroxylation is 1. The Kier molecular flexibility index (Phi) is 3.50. The molecule has 0 atom stereocenters. The van der Waals surface area contributed by atoms with Gasteiger partial charge in [-0.25, -0.2) is 0 Å². The van der Waals surface area contributed by atoms with Crippen LogP contribution in [0, 0.1) is 6.92 Å². The highest BCUT2D eigenvalue weighted by Crippen LogP contribution is 2.22. The average molecular weight is 205 g/mol. The second-order valence-electron chi connectivity index (χ2n) is 3.55. The zero-order valence-electron chi connectivity index (χ0n) is 9.24. The van der Waals surface area contributed by atoms with Gasteiger partial charge < -0.3 is 9.94 Å². The Labute approximate surface area is 89.7 Å². The van der Waals surface area contributed by atoms with E-state index in [1.165, 1.54) is 0 Å². The molecule has 0 saturated heterocycles. The third-order valence-electron chi connectivity index (χ3n) is 1.87. The van der Waals surface area contributed by atoms with E-state index in [9.17, 15) is 5.11 Å². The third kappa shape index (κ3) is 3.13. The summed E-state index contributed by atoms with van der Waals surface area (Å²) in [5.74, 6) is 0.654. The molecule has 1 aromatic carbocycles. The van der Waals surface area contributed by atoms with E-state index >= 15 is 0 Å². The molecule has 0 fully saturated rings. The number of benzene rings is 1. The molecule has 1 rings (SSSR count). The zero-order valence-corrected chi connectivity index (χ0v) is 9.24. The minimum Gasteiger partial charge on any atom is -0.508 e. The zero-order chi connectivity index (χ0) is 11.4. The van der Waals surface area contributed by atoms with Crippen molar-refractivity contribution in [3.8, 4) is 5.75 Å². The van der Waals surface area contributed by atoms with Crippen LogP contribution >= 0.6 is 0 Å². The van der Waals surface area contributed by atoms with Gasteiger partial charge in [0.25, 0.3) is 0 Å². The maximum atomic E-state index is 9.49. The van der Waals surface area contributed by atoms with Crippen LogP contribution in [-0.4, -0.2) is 10.8 Å². The first-order valence-electron chi connectivity index (χ1n) is 4.68. The molecule has 0 bridgehead atoms. The Morgan fingerprint density at radius 2 is 2.07 bits per heavy atom. The summed E-state index contributed by atoms with van der Waals surface area (Å²) >= 11 is 0. The average Bonchev–Trinajstić information content (AvgIpc) is 2.18. The highest BCUT2D eigenvalue weighted by Gasteiger charge is 2.03.